The first-order chi connectivity index (χ1) is 11.1. The molecule has 0 atom stereocenters. The Balaban J connectivity index is 1.61. The van der Waals surface area contributed by atoms with Crippen LogP contribution in [-0.4, -0.2) is 24.3 Å². The molecule has 0 aliphatic heterocycles. The van der Waals surface area contributed by atoms with Crippen molar-refractivity contribution < 1.29 is 14.4 Å². The van der Waals surface area contributed by atoms with Gasteiger partial charge in [-0.05, 0) is 40.9 Å². The number of hydrogen-bond donors (Lipinski definition) is 3. The van der Waals surface area contributed by atoms with Crippen LogP contribution in [0, 0.1) is 5.92 Å². The van der Waals surface area contributed by atoms with Crippen molar-refractivity contribution >= 4 is 45.0 Å². The van der Waals surface area contributed by atoms with E-state index < -0.39 is 0 Å². The van der Waals surface area contributed by atoms with Crippen molar-refractivity contribution in [3.8, 4) is 0 Å². The third-order valence-electron chi connectivity index (χ3n) is 3.74. The predicted molar refractivity (Wildman–Crippen MR) is 91.8 cm³/mol. The fourth-order valence-corrected chi connectivity index (χ4v) is 3.78. The van der Waals surface area contributed by atoms with Crippen LogP contribution in [0.2, 0.25) is 0 Å². The van der Waals surface area contributed by atoms with Gasteiger partial charge in [-0.2, -0.15) is 0 Å². The summed E-state index contributed by atoms with van der Waals surface area (Å²) >= 11 is 4.55. The highest BCUT2D eigenvalue weighted by molar-refractivity contribution is 9.11. The Labute approximate surface area is 147 Å². The molecule has 2 rings (SSSR count). The zero-order valence-corrected chi connectivity index (χ0v) is 15.1. The molecule has 1 aliphatic carbocycles. The second-order valence-electron chi connectivity index (χ2n) is 5.48. The summed E-state index contributed by atoms with van der Waals surface area (Å²) in [4.78, 5) is 35.8. The number of thiophene rings is 1. The zero-order chi connectivity index (χ0) is 16.7. The summed E-state index contributed by atoms with van der Waals surface area (Å²) in [6.07, 6.45) is 5.40. The fraction of sp³-hybridized carbons (Fsp3) is 0.533. The molecule has 0 radical (unpaired) electrons. The molecule has 0 unspecified atom stereocenters. The van der Waals surface area contributed by atoms with E-state index in [0.29, 0.717) is 4.88 Å². The Morgan fingerprint density at radius 3 is 2.52 bits per heavy atom. The Hall–Kier alpha value is -1.41. The number of hydrazine groups is 1. The minimum absolute atomic E-state index is 0.0324. The number of rotatable bonds is 5. The topological polar surface area (TPSA) is 87.3 Å². The van der Waals surface area contributed by atoms with E-state index in [1.54, 1.807) is 12.1 Å². The molecule has 1 fully saturated rings. The largest absolute Gasteiger partial charge is 0.355 e. The molecule has 0 spiro atoms. The normalized spacial score (nSPS) is 15.0. The van der Waals surface area contributed by atoms with Crippen LogP contribution in [0.4, 0.5) is 0 Å². The molecule has 1 aromatic rings. The molecule has 3 N–H and O–H groups in total. The zero-order valence-electron chi connectivity index (χ0n) is 12.7. The lowest BCUT2D eigenvalue weighted by Gasteiger charge is -2.20. The van der Waals surface area contributed by atoms with Gasteiger partial charge in [0.2, 0.25) is 11.8 Å². The van der Waals surface area contributed by atoms with Crippen molar-refractivity contribution in [2.75, 3.05) is 6.54 Å². The fourth-order valence-electron chi connectivity index (χ4n) is 2.50. The lowest BCUT2D eigenvalue weighted by atomic mass is 9.89. The molecule has 1 aromatic heterocycles. The molecule has 3 amide bonds. The van der Waals surface area contributed by atoms with E-state index in [4.69, 9.17) is 0 Å². The highest BCUT2D eigenvalue weighted by atomic mass is 79.9. The summed E-state index contributed by atoms with van der Waals surface area (Å²) in [7, 11) is 0. The molecule has 0 saturated heterocycles. The molecular weight excluding hydrogens is 382 g/mol. The predicted octanol–water partition coefficient (Wildman–Crippen LogP) is 2.36. The maximum absolute atomic E-state index is 11.9. The number of halogens is 1. The van der Waals surface area contributed by atoms with Crippen LogP contribution in [0.1, 0.15) is 48.2 Å². The quantitative estimate of drug-likeness (QED) is 0.661. The van der Waals surface area contributed by atoms with Crippen LogP contribution in [0.15, 0.2) is 15.9 Å². The Bertz CT molecular complexity index is 570. The van der Waals surface area contributed by atoms with E-state index in [2.05, 4.69) is 32.1 Å². The number of carbonyl (C=O) groups excluding carboxylic acids is 3. The molecule has 1 saturated carbocycles. The van der Waals surface area contributed by atoms with Crippen LogP contribution < -0.4 is 16.2 Å². The first-order valence-electron chi connectivity index (χ1n) is 7.68. The SMILES string of the molecule is O=C(CCNC(=O)C1CCCCC1)NNC(=O)c1ccc(Br)s1. The summed E-state index contributed by atoms with van der Waals surface area (Å²) in [5.41, 5.74) is 4.70. The highest BCUT2D eigenvalue weighted by Gasteiger charge is 2.20. The van der Waals surface area contributed by atoms with Gasteiger partial charge >= 0.3 is 0 Å². The molecule has 8 heteroatoms. The monoisotopic (exact) mass is 401 g/mol. The lowest BCUT2D eigenvalue weighted by Crippen LogP contribution is -2.43. The van der Waals surface area contributed by atoms with Gasteiger partial charge in [0.25, 0.3) is 5.91 Å². The molecule has 23 heavy (non-hydrogen) atoms. The van der Waals surface area contributed by atoms with Crippen LogP contribution >= 0.6 is 27.3 Å². The number of nitrogens with one attached hydrogen (secondary N) is 3. The van der Waals surface area contributed by atoms with Crippen molar-refractivity contribution in [3.63, 3.8) is 0 Å². The molecular formula is C15H20BrN3O3S. The Morgan fingerprint density at radius 2 is 1.87 bits per heavy atom. The lowest BCUT2D eigenvalue weighted by molar-refractivity contribution is -0.126. The summed E-state index contributed by atoms with van der Waals surface area (Å²) < 4.78 is 0.847. The Morgan fingerprint density at radius 1 is 1.13 bits per heavy atom. The molecule has 1 aliphatic rings. The van der Waals surface area contributed by atoms with Crippen molar-refractivity contribution in [1.82, 2.24) is 16.2 Å². The smallest absolute Gasteiger partial charge is 0.279 e. The van der Waals surface area contributed by atoms with Gasteiger partial charge in [-0.3, -0.25) is 25.2 Å². The number of carbonyl (C=O) groups is 3. The molecule has 0 bridgehead atoms. The maximum Gasteiger partial charge on any atom is 0.279 e. The van der Waals surface area contributed by atoms with E-state index in [1.165, 1.54) is 17.8 Å². The van der Waals surface area contributed by atoms with Gasteiger partial charge in [-0.25, -0.2) is 0 Å². The van der Waals surface area contributed by atoms with Crippen LogP contribution in [-0.2, 0) is 9.59 Å². The average Bonchev–Trinajstić information content (AvgIpc) is 3.00. The second kappa shape index (κ2) is 9.02. The van der Waals surface area contributed by atoms with E-state index in [-0.39, 0.29) is 36.6 Å². The summed E-state index contributed by atoms with van der Waals surface area (Å²) in [6.45, 7) is 0.279. The van der Waals surface area contributed by atoms with Crippen molar-refractivity contribution in [3.05, 3.63) is 20.8 Å². The third kappa shape index (κ3) is 5.95. The third-order valence-corrected chi connectivity index (χ3v) is 5.36. The van der Waals surface area contributed by atoms with Gasteiger partial charge in [-0.15, -0.1) is 11.3 Å². The molecule has 6 nitrogen and oxygen atoms in total. The standard InChI is InChI=1S/C15H20BrN3O3S/c16-12-7-6-11(23-12)15(22)19-18-13(20)8-9-17-14(21)10-4-2-1-3-5-10/h6-7,10H,1-5,8-9H2,(H,17,21)(H,18,20)(H,19,22). The molecule has 1 heterocycles. The first kappa shape index (κ1) is 17.9. The van der Waals surface area contributed by atoms with Gasteiger partial charge in [0.05, 0.1) is 8.66 Å². The van der Waals surface area contributed by atoms with E-state index in [1.807, 2.05) is 0 Å². The van der Waals surface area contributed by atoms with Gasteiger partial charge < -0.3 is 5.32 Å². The van der Waals surface area contributed by atoms with E-state index in [0.717, 1.165) is 29.5 Å². The highest BCUT2D eigenvalue weighted by Crippen LogP contribution is 2.23. The molecule has 0 aromatic carbocycles. The van der Waals surface area contributed by atoms with Crippen LogP contribution in [0.25, 0.3) is 0 Å². The van der Waals surface area contributed by atoms with Crippen molar-refractivity contribution in [2.45, 2.75) is 38.5 Å². The summed E-state index contributed by atoms with van der Waals surface area (Å²) in [5.74, 6) is -0.577. The summed E-state index contributed by atoms with van der Waals surface area (Å²) in [6, 6.07) is 3.43. The molecule has 126 valence electrons. The second-order valence-corrected chi connectivity index (χ2v) is 7.95. The summed E-state index contributed by atoms with van der Waals surface area (Å²) in [5, 5.41) is 2.79. The van der Waals surface area contributed by atoms with Gasteiger partial charge in [0, 0.05) is 18.9 Å². The average molecular weight is 402 g/mol. The number of amides is 3. The van der Waals surface area contributed by atoms with Gasteiger partial charge in [0.15, 0.2) is 0 Å². The Kier molecular flexibility index (Phi) is 7.04. The minimum atomic E-state index is -0.361. The minimum Gasteiger partial charge on any atom is -0.355 e. The first-order valence-corrected chi connectivity index (χ1v) is 9.29. The van der Waals surface area contributed by atoms with E-state index >= 15 is 0 Å². The van der Waals surface area contributed by atoms with Crippen molar-refractivity contribution in [1.29, 1.82) is 0 Å². The van der Waals surface area contributed by atoms with Crippen LogP contribution in [0.3, 0.4) is 0 Å². The van der Waals surface area contributed by atoms with Crippen molar-refractivity contribution in [2.24, 2.45) is 5.92 Å². The van der Waals surface area contributed by atoms with Gasteiger partial charge in [-0.1, -0.05) is 19.3 Å². The maximum atomic E-state index is 11.9. The van der Waals surface area contributed by atoms with Gasteiger partial charge in [0.1, 0.15) is 0 Å². The van der Waals surface area contributed by atoms with Crippen LogP contribution in [0.5, 0.6) is 0 Å². The number of hydrogen-bond acceptors (Lipinski definition) is 4. The van der Waals surface area contributed by atoms with E-state index in [9.17, 15) is 14.4 Å².